The average molecular weight is 363 g/mol. The molecule has 2 aromatic carbocycles. The Morgan fingerprint density at radius 2 is 1.92 bits per heavy atom. The highest BCUT2D eigenvalue weighted by Crippen LogP contribution is 2.37. The molecule has 25 heavy (non-hydrogen) atoms. The molecule has 7 heteroatoms. The summed E-state index contributed by atoms with van der Waals surface area (Å²) in [4.78, 5) is 12.0. The summed E-state index contributed by atoms with van der Waals surface area (Å²) < 4.78 is 26.1. The van der Waals surface area contributed by atoms with Gasteiger partial charge in [0.1, 0.15) is 5.75 Å². The van der Waals surface area contributed by atoms with E-state index in [2.05, 4.69) is 0 Å². The molecule has 0 bridgehead atoms. The second-order valence-corrected chi connectivity index (χ2v) is 5.41. The second-order valence-electron chi connectivity index (χ2n) is 5.01. The molecular weight excluding hydrogens is 348 g/mol. The highest BCUT2D eigenvalue weighted by molar-refractivity contribution is 6.32. The van der Waals surface area contributed by atoms with Gasteiger partial charge in [0.15, 0.2) is 23.0 Å². The lowest BCUT2D eigenvalue weighted by molar-refractivity contribution is -0.128. The number of fused-ring (bicyclic) bond motifs is 1. The van der Waals surface area contributed by atoms with Crippen molar-refractivity contribution in [2.45, 2.75) is 0 Å². The number of ether oxygens (including phenoxy) is 5. The van der Waals surface area contributed by atoms with Crippen molar-refractivity contribution in [2.75, 3.05) is 21.0 Å². The van der Waals surface area contributed by atoms with Crippen LogP contribution in [0.15, 0.2) is 36.4 Å². The molecule has 3 rings (SSSR count). The van der Waals surface area contributed by atoms with Crippen LogP contribution in [0, 0.1) is 0 Å². The first-order chi connectivity index (χ1) is 12.1. The van der Waals surface area contributed by atoms with Crippen LogP contribution in [0.4, 0.5) is 0 Å². The number of benzene rings is 2. The molecule has 0 unspecified atom stereocenters. The Morgan fingerprint density at radius 1 is 1.12 bits per heavy atom. The van der Waals surface area contributed by atoms with Gasteiger partial charge < -0.3 is 23.7 Å². The van der Waals surface area contributed by atoms with Crippen molar-refractivity contribution in [1.82, 2.24) is 0 Å². The smallest absolute Gasteiger partial charge is 0.336 e. The fourth-order valence-electron chi connectivity index (χ4n) is 2.29. The molecule has 6 nitrogen and oxygen atoms in total. The Morgan fingerprint density at radius 3 is 2.68 bits per heavy atom. The molecule has 0 aromatic heterocycles. The standard InChI is InChI=1S/C18H15ClO6/c1-21-16-8-11(7-13(19)18(16)22-2)3-6-17(20)25-12-4-5-14-15(9-12)24-10-23-14/h3-9H,10H2,1-2H3/b6-3+. The van der Waals surface area contributed by atoms with Crippen molar-refractivity contribution in [3.05, 3.63) is 47.0 Å². The van der Waals surface area contributed by atoms with E-state index in [-0.39, 0.29) is 6.79 Å². The van der Waals surface area contributed by atoms with E-state index in [1.54, 1.807) is 36.4 Å². The van der Waals surface area contributed by atoms with E-state index in [4.69, 9.17) is 35.3 Å². The van der Waals surface area contributed by atoms with Crippen molar-refractivity contribution in [1.29, 1.82) is 0 Å². The van der Waals surface area contributed by atoms with Crippen molar-refractivity contribution in [2.24, 2.45) is 0 Å². The Kier molecular flexibility index (Phi) is 5.00. The van der Waals surface area contributed by atoms with Gasteiger partial charge in [-0.05, 0) is 35.9 Å². The van der Waals surface area contributed by atoms with Gasteiger partial charge >= 0.3 is 5.97 Å². The molecule has 0 radical (unpaired) electrons. The third-order valence-corrected chi connectivity index (χ3v) is 3.71. The Balaban J connectivity index is 1.71. The normalized spacial score (nSPS) is 12.3. The first-order valence-corrected chi connectivity index (χ1v) is 7.69. The summed E-state index contributed by atoms with van der Waals surface area (Å²) in [6, 6.07) is 8.28. The van der Waals surface area contributed by atoms with Crippen LogP contribution in [0.5, 0.6) is 28.7 Å². The van der Waals surface area contributed by atoms with Gasteiger partial charge in [-0.3, -0.25) is 0 Å². The zero-order chi connectivity index (χ0) is 17.8. The van der Waals surface area contributed by atoms with Gasteiger partial charge in [-0.1, -0.05) is 11.6 Å². The molecule has 0 saturated carbocycles. The summed E-state index contributed by atoms with van der Waals surface area (Å²) in [6.07, 6.45) is 2.87. The van der Waals surface area contributed by atoms with Crippen LogP contribution >= 0.6 is 11.6 Å². The van der Waals surface area contributed by atoms with Crippen LogP contribution in [-0.2, 0) is 4.79 Å². The topological polar surface area (TPSA) is 63.2 Å². The van der Waals surface area contributed by atoms with Crippen molar-refractivity contribution >= 4 is 23.6 Å². The molecule has 0 amide bonds. The van der Waals surface area contributed by atoms with E-state index in [9.17, 15) is 4.79 Å². The Bertz CT molecular complexity index is 831. The van der Waals surface area contributed by atoms with Gasteiger partial charge in [0, 0.05) is 12.1 Å². The lowest BCUT2D eigenvalue weighted by Gasteiger charge is -2.10. The van der Waals surface area contributed by atoms with E-state index in [1.165, 1.54) is 20.3 Å². The largest absolute Gasteiger partial charge is 0.493 e. The number of hydrogen-bond donors (Lipinski definition) is 0. The van der Waals surface area contributed by atoms with Crippen LogP contribution in [0.2, 0.25) is 5.02 Å². The maximum absolute atomic E-state index is 12.0. The molecule has 0 saturated heterocycles. The van der Waals surface area contributed by atoms with Crippen molar-refractivity contribution in [3.8, 4) is 28.7 Å². The third kappa shape index (κ3) is 3.80. The minimum atomic E-state index is -0.537. The molecule has 1 heterocycles. The van der Waals surface area contributed by atoms with Gasteiger partial charge in [-0.15, -0.1) is 0 Å². The highest BCUT2D eigenvalue weighted by atomic mass is 35.5. The zero-order valence-corrected chi connectivity index (χ0v) is 14.3. The first-order valence-electron chi connectivity index (χ1n) is 7.32. The van der Waals surface area contributed by atoms with Crippen LogP contribution in [0.3, 0.4) is 0 Å². The zero-order valence-electron chi connectivity index (χ0n) is 13.6. The van der Waals surface area contributed by atoms with Crippen molar-refractivity contribution < 1.29 is 28.5 Å². The summed E-state index contributed by atoms with van der Waals surface area (Å²) in [7, 11) is 3.01. The number of halogens is 1. The number of methoxy groups -OCH3 is 2. The summed E-state index contributed by atoms with van der Waals surface area (Å²) in [5.41, 5.74) is 0.672. The molecule has 0 N–H and O–H groups in total. The number of hydrogen-bond acceptors (Lipinski definition) is 6. The molecule has 0 fully saturated rings. The van der Waals surface area contributed by atoms with Gasteiger partial charge in [0.25, 0.3) is 0 Å². The first kappa shape index (κ1) is 17.0. The van der Waals surface area contributed by atoms with E-state index in [0.29, 0.717) is 39.3 Å². The van der Waals surface area contributed by atoms with Crippen LogP contribution in [-0.4, -0.2) is 27.0 Å². The van der Waals surface area contributed by atoms with E-state index in [1.807, 2.05) is 0 Å². The van der Waals surface area contributed by atoms with Gasteiger partial charge in [-0.2, -0.15) is 0 Å². The summed E-state index contributed by atoms with van der Waals surface area (Å²) in [5, 5.41) is 0.380. The van der Waals surface area contributed by atoms with Crippen molar-refractivity contribution in [3.63, 3.8) is 0 Å². The number of rotatable bonds is 5. The van der Waals surface area contributed by atoms with Crippen LogP contribution < -0.4 is 23.7 Å². The van der Waals surface area contributed by atoms with E-state index >= 15 is 0 Å². The molecule has 0 aliphatic carbocycles. The molecule has 0 atom stereocenters. The fourth-order valence-corrected chi connectivity index (χ4v) is 2.59. The minimum Gasteiger partial charge on any atom is -0.493 e. The maximum Gasteiger partial charge on any atom is 0.336 e. The fraction of sp³-hybridized carbons (Fsp3) is 0.167. The maximum atomic E-state index is 12.0. The Hall–Kier alpha value is -2.86. The summed E-state index contributed by atoms with van der Waals surface area (Å²) >= 11 is 6.13. The third-order valence-electron chi connectivity index (χ3n) is 3.43. The van der Waals surface area contributed by atoms with Gasteiger partial charge in [0.2, 0.25) is 6.79 Å². The van der Waals surface area contributed by atoms with E-state index < -0.39 is 5.97 Å². The van der Waals surface area contributed by atoms with Crippen LogP contribution in [0.25, 0.3) is 6.08 Å². The summed E-state index contributed by atoms with van der Waals surface area (Å²) in [5.74, 6) is 1.90. The van der Waals surface area contributed by atoms with E-state index in [0.717, 1.165) is 0 Å². The predicted molar refractivity (Wildman–Crippen MR) is 91.8 cm³/mol. The monoisotopic (exact) mass is 362 g/mol. The Labute approximate surface area is 149 Å². The molecule has 2 aromatic rings. The van der Waals surface area contributed by atoms with Gasteiger partial charge in [-0.25, -0.2) is 4.79 Å². The average Bonchev–Trinajstić information content (AvgIpc) is 3.07. The second kappa shape index (κ2) is 7.36. The lowest BCUT2D eigenvalue weighted by atomic mass is 10.2. The molecule has 0 spiro atoms. The number of esters is 1. The molecular formula is C18H15ClO6. The van der Waals surface area contributed by atoms with Gasteiger partial charge in [0.05, 0.1) is 19.2 Å². The number of carbonyl (C=O) groups excluding carboxylic acids is 1. The lowest BCUT2D eigenvalue weighted by Crippen LogP contribution is -2.03. The molecule has 130 valence electrons. The quantitative estimate of drug-likeness (QED) is 0.459. The molecule has 1 aliphatic rings. The predicted octanol–water partition coefficient (Wildman–Crippen LogP) is 3.70. The molecule has 1 aliphatic heterocycles. The minimum absolute atomic E-state index is 0.159. The summed E-state index contributed by atoms with van der Waals surface area (Å²) in [6.45, 7) is 0.159. The highest BCUT2D eigenvalue weighted by Gasteiger charge is 2.15. The van der Waals surface area contributed by atoms with Crippen LogP contribution in [0.1, 0.15) is 5.56 Å². The SMILES string of the molecule is COc1cc(/C=C/C(=O)Oc2ccc3c(c2)OCO3)cc(Cl)c1OC. The number of carbonyl (C=O) groups is 1.